The first kappa shape index (κ1) is 24.6. The molecular weight excluding hydrogens is 484 g/mol. The monoisotopic (exact) mass is 484 g/mol. The molecule has 0 nitrogen and oxygen atoms in total. The molecule has 16 heteroatoms. The predicted octanol–water partition coefficient (Wildman–Crippen LogP) is 6.49. The summed E-state index contributed by atoms with van der Waals surface area (Å²) in [5.74, 6) is -35.7. The highest BCUT2D eigenvalue weighted by atomic mass is 19.4. The van der Waals surface area contributed by atoms with Crippen molar-refractivity contribution in [3.63, 3.8) is 0 Å². The van der Waals surface area contributed by atoms with Crippen LogP contribution in [-0.2, 0) is 5.41 Å². The molecule has 0 radical (unpaired) electrons. The third-order valence-electron chi connectivity index (χ3n) is 4.02. The summed E-state index contributed by atoms with van der Waals surface area (Å²) in [6.45, 7) is 0. The van der Waals surface area contributed by atoms with Gasteiger partial charge in [-0.05, 0) is 0 Å². The van der Waals surface area contributed by atoms with Crippen molar-refractivity contribution in [1.29, 1.82) is 0 Å². The van der Waals surface area contributed by atoms with E-state index in [9.17, 15) is 70.2 Å². The van der Waals surface area contributed by atoms with E-state index >= 15 is 0 Å². The molecule has 0 aromatic heterocycles. The van der Waals surface area contributed by atoms with E-state index < -0.39 is 87.1 Å². The highest BCUT2D eigenvalue weighted by molar-refractivity contribution is 5.48. The van der Waals surface area contributed by atoms with Crippen molar-refractivity contribution in [3.05, 3.63) is 69.3 Å². The van der Waals surface area contributed by atoms with E-state index in [1.54, 1.807) is 0 Å². The van der Waals surface area contributed by atoms with Crippen molar-refractivity contribution < 1.29 is 70.2 Å². The van der Waals surface area contributed by atoms with Crippen LogP contribution < -0.4 is 0 Å². The van der Waals surface area contributed by atoms with Crippen LogP contribution >= 0.6 is 0 Å². The molecule has 0 amide bonds. The fourth-order valence-corrected chi connectivity index (χ4v) is 2.72. The molecule has 0 atom stereocenters. The van der Waals surface area contributed by atoms with Crippen LogP contribution in [0.25, 0.3) is 0 Å². The molecule has 0 N–H and O–H groups in total. The Kier molecular flexibility index (Phi) is 5.70. The van der Waals surface area contributed by atoms with Crippen LogP contribution in [-0.4, -0.2) is 12.4 Å². The van der Waals surface area contributed by atoms with E-state index in [4.69, 9.17) is 0 Å². The summed E-state index contributed by atoms with van der Waals surface area (Å²) in [5.41, 5.74) is -14.8. The van der Waals surface area contributed by atoms with E-state index in [2.05, 4.69) is 0 Å². The Labute approximate surface area is 158 Å². The smallest absolute Gasteiger partial charge is 0.203 e. The van der Waals surface area contributed by atoms with Crippen molar-refractivity contribution >= 4 is 0 Å². The number of alkyl halides is 6. The van der Waals surface area contributed by atoms with E-state index in [0.29, 0.717) is 0 Å². The van der Waals surface area contributed by atoms with Crippen LogP contribution in [0.4, 0.5) is 70.2 Å². The van der Waals surface area contributed by atoms with Gasteiger partial charge >= 0.3 is 12.4 Å². The maximum atomic E-state index is 14.0. The van der Waals surface area contributed by atoms with E-state index in [1.807, 2.05) is 0 Å². The molecule has 0 fully saturated rings. The SMILES string of the molecule is Fc1c(F)c(F)c(C(c2c(F)c(F)c(F)c(F)c2F)(C(F)(F)F)C(F)(F)F)c(F)c1F. The number of hydrogen-bond acceptors (Lipinski definition) is 0. The second kappa shape index (κ2) is 7.19. The fourth-order valence-electron chi connectivity index (χ4n) is 2.72. The molecule has 0 aliphatic rings. The van der Waals surface area contributed by atoms with Gasteiger partial charge in [0, 0.05) is 0 Å². The summed E-state index contributed by atoms with van der Waals surface area (Å²) in [5, 5.41) is 0. The summed E-state index contributed by atoms with van der Waals surface area (Å²) in [7, 11) is 0. The fraction of sp³-hybridized carbons (Fsp3) is 0.200. The van der Waals surface area contributed by atoms with Gasteiger partial charge in [-0.25, -0.2) is 43.9 Å². The second-order valence-corrected chi connectivity index (χ2v) is 5.64. The lowest BCUT2D eigenvalue weighted by atomic mass is 9.71. The van der Waals surface area contributed by atoms with E-state index in [0.717, 1.165) is 0 Å². The maximum absolute atomic E-state index is 14.0. The van der Waals surface area contributed by atoms with Crippen LogP contribution in [0, 0.1) is 58.2 Å². The first-order valence-corrected chi connectivity index (χ1v) is 7.02. The zero-order chi connectivity index (χ0) is 24.4. The largest absolute Gasteiger partial charge is 0.411 e. The molecule has 0 aliphatic carbocycles. The van der Waals surface area contributed by atoms with Gasteiger partial charge in [-0.2, -0.15) is 26.3 Å². The van der Waals surface area contributed by atoms with Gasteiger partial charge in [0.2, 0.25) is 17.0 Å². The van der Waals surface area contributed by atoms with Gasteiger partial charge in [0.25, 0.3) is 0 Å². The molecule has 0 aliphatic heterocycles. The first-order valence-electron chi connectivity index (χ1n) is 7.02. The normalized spacial score (nSPS) is 13.2. The summed E-state index contributed by atoms with van der Waals surface area (Å²) in [6, 6.07) is 0. The molecule has 0 heterocycles. The number of hydrogen-bond donors (Lipinski definition) is 0. The van der Waals surface area contributed by atoms with E-state index in [-0.39, 0.29) is 0 Å². The highest BCUT2D eigenvalue weighted by Crippen LogP contribution is 2.59. The van der Waals surface area contributed by atoms with Gasteiger partial charge in [0.1, 0.15) is 0 Å². The molecule has 2 aromatic carbocycles. The quantitative estimate of drug-likeness (QED) is 0.260. The average molecular weight is 484 g/mol. The molecular formula is C15F16. The van der Waals surface area contributed by atoms with Crippen LogP contribution in [0.5, 0.6) is 0 Å². The lowest BCUT2D eigenvalue weighted by Gasteiger charge is -2.38. The Morgan fingerprint density at radius 2 is 0.452 bits per heavy atom. The zero-order valence-corrected chi connectivity index (χ0v) is 13.5. The number of rotatable bonds is 2. The molecule has 2 aromatic rings. The molecule has 172 valence electrons. The Morgan fingerprint density at radius 1 is 0.290 bits per heavy atom. The van der Waals surface area contributed by atoms with E-state index in [1.165, 1.54) is 0 Å². The molecule has 0 saturated carbocycles. The van der Waals surface area contributed by atoms with Crippen LogP contribution in [0.3, 0.4) is 0 Å². The van der Waals surface area contributed by atoms with Crippen molar-refractivity contribution in [3.8, 4) is 0 Å². The topological polar surface area (TPSA) is 0 Å². The summed E-state index contributed by atoms with van der Waals surface area (Å²) in [4.78, 5) is 0. The van der Waals surface area contributed by atoms with Crippen molar-refractivity contribution in [2.75, 3.05) is 0 Å². The summed E-state index contributed by atoms with van der Waals surface area (Å²) < 4.78 is 217. The van der Waals surface area contributed by atoms with Gasteiger partial charge in [-0.15, -0.1) is 0 Å². The van der Waals surface area contributed by atoms with Crippen molar-refractivity contribution in [2.24, 2.45) is 0 Å². The molecule has 2 rings (SSSR count). The van der Waals surface area contributed by atoms with Crippen LogP contribution in [0.2, 0.25) is 0 Å². The Balaban J connectivity index is 3.41. The Bertz CT molecular complexity index is 917. The Morgan fingerprint density at radius 3 is 0.613 bits per heavy atom. The van der Waals surface area contributed by atoms with Gasteiger partial charge < -0.3 is 0 Å². The van der Waals surface area contributed by atoms with Gasteiger partial charge in [0.15, 0.2) is 46.5 Å². The van der Waals surface area contributed by atoms with Gasteiger partial charge in [0.05, 0.1) is 11.1 Å². The average Bonchev–Trinajstić information content (AvgIpc) is 2.64. The highest BCUT2D eigenvalue weighted by Gasteiger charge is 2.77. The standard InChI is InChI=1S/C15F16/c16-3-1(4(17)8(21)11(24)7(3)20)13(14(26,27)28,15(29,30)31)2-5(18)9(22)12(25)10(23)6(2)19. The number of benzene rings is 2. The third-order valence-corrected chi connectivity index (χ3v) is 4.02. The minimum Gasteiger partial charge on any atom is -0.203 e. The summed E-state index contributed by atoms with van der Waals surface area (Å²) in [6.07, 6.45) is -14.9. The third kappa shape index (κ3) is 3.09. The molecule has 0 spiro atoms. The predicted molar refractivity (Wildman–Crippen MR) is 65.4 cm³/mol. The number of halogens is 16. The lowest BCUT2D eigenvalue weighted by molar-refractivity contribution is -0.291. The van der Waals surface area contributed by atoms with Crippen LogP contribution in [0.15, 0.2) is 0 Å². The zero-order valence-electron chi connectivity index (χ0n) is 13.5. The Hall–Kier alpha value is -2.68. The molecule has 0 unspecified atom stereocenters. The van der Waals surface area contributed by atoms with Crippen molar-refractivity contribution in [1.82, 2.24) is 0 Å². The van der Waals surface area contributed by atoms with Gasteiger partial charge in [-0.1, -0.05) is 0 Å². The summed E-state index contributed by atoms with van der Waals surface area (Å²) >= 11 is 0. The lowest BCUT2D eigenvalue weighted by Crippen LogP contribution is -2.57. The first-order chi connectivity index (χ1) is 13.9. The molecule has 0 saturated heterocycles. The van der Waals surface area contributed by atoms with Gasteiger partial charge in [-0.3, -0.25) is 0 Å². The second-order valence-electron chi connectivity index (χ2n) is 5.64. The molecule has 31 heavy (non-hydrogen) atoms. The maximum Gasteiger partial charge on any atom is 0.411 e. The minimum atomic E-state index is -7.47. The minimum absolute atomic E-state index is 3.27. The molecule has 0 bridgehead atoms. The van der Waals surface area contributed by atoms with Crippen LogP contribution in [0.1, 0.15) is 11.1 Å². The van der Waals surface area contributed by atoms with Crippen molar-refractivity contribution in [2.45, 2.75) is 17.8 Å².